The minimum Gasteiger partial charge on any atom is -0.387 e. The van der Waals surface area contributed by atoms with Crippen molar-refractivity contribution in [2.75, 3.05) is 6.54 Å². The lowest BCUT2D eigenvalue weighted by atomic mass is 10.1. The van der Waals surface area contributed by atoms with Gasteiger partial charge in [-0.2, -0.15) is 5.10 Å². The van der Waals surface area contributed by atoms with Crippen molar-refractivity contribution in [2.45, 2.75) is 19.1 Å². The highest BCUT2D eigenvalue weighted by atomic mass is 79.9. The molecule has 2 rings (SSSR count). The van der Waals surface area contributed by atoms with Gasteiger partial charge in [-0.05, 0) is 24.6 Å². The summed E-state index contributed by atoms with van der Waals surface area (Å²) >= 11 is 3.40. The van der Waals surface area contributed by atoms with E-state index in [1.165, 1.54) is 6.33 Å². The molecule has 0 saturated heterocycles. The molecular weight excluding hydrogens is 308 g/mol. The molecule has 102 valence electrons. The number of benzene rings is 1. The molecule has 6 heteroatoms. The molecule has 1 heterocycles. The van der Waals surface area contributed by atoms with Crippen molar-refractivity contribution in [1.82, 2.24) is 20.1 Å². The van der Waals surface area contributed by atoms with Crippen molar-refractivity contribution in [2.24, 2.45) is 7.05 Å². The SMILES string of the molecule is CC(NC[C@@H](O)c1cccc(Br)c1)c1ncnn1C. The number of hydrogen-bond donors (Lipinski definition) is 2. The Morgan fingerprint density at radius 2 is 2.26 bits per heavy atom. The lowest BCUT2D eigenvalue weighted by Gasteiger charge is -2.17. The average Bonchev–Trinajstić information content (AvgIpc) is 2.82. The van der Waals surface area contributed by atoms with Crippen molar-refractivity contribution in [1.29, 1.82) is 0 Å². The molecule has 0 aliphatic carbocycles. The third-order valence-electron chi connectivity index (χ3n) is 2.98. The van der Waals surface area contributed by atoms with E-state index in [0.29, 0.717) is 6.54 Å². The highest BCUT2D eigenvalue weighted by molar-refractivity contribution is 9.10. The van der Waals surface area contributed by atoms with Gasteiger partial charge in [0.05, 0.1) is 12.1 Å². The van der Waals surface area contributed by atoms with Crippen LogP contribution in [0.2, 0.25) is 0 Å². The minimum absolute atomic E-state index is 0.0364. The summed E-state index contributed by atoms with van der Waals surface area (Å²) in [6.07, 6.45) is 0.978. The number of nitrogens with zero attached hydrogens (tertiary/aromatic N) is 3. The summed E-state index contributed by atoms with van der Waals surface area (Å²) in [4.78, 5) is 4.18. The number of rotatable bonds is 5. The van der Waals surface area contributed by atoms with Gasteiger partial charge in [0.1, 0.15) is 12.2 Å². The smallest absolute Gasteiger partial charge is 0.143 e. The van der Waals surface area contributed by atoms with Crippen LogP contribution in [0.5, 0.6) is 0 Å². The maximum absolute atomic E-state index is 10.1. The fourth-order valence-electron chi connectivity index (χ4n) is 1.91. The third kappa shape index (κ3) is 3.62. The molecule has 2 N–H and O–H groups in total. The van der Waals surface area contributed by atoms with Gasteiger partial charge in [-0.3, -0.25) is 4.68 Å². The predicted molar refractivity (Wildman–Crippen MR) is 76.5 cm³/mol. The molecule has 19 heavy (non-hydrogen) atoms. The molecule has 0 amide bonds. The van der Waals surface area contributed by atoms with Gasteiger partial charge < -0.3 is 10.4 Å². The van der Waals surface area contributed by atoms with Crippen molar-refractivity contribution < 1.29 is 5.11 Å². The zero-order chi connectivity index (χ0) is 13.8. The van der Waals surface area contributed by atoms with Gasteiger partial charge >= 0.3 is 0 Å². The van der Waals surface area contributed by atoms with E-state index in [0.717, 1.165) is 15.9 Å². The first kappa shape index (κ1) is 14.2. The zero-order valence-corrected chi connectivity index (χ0v) is 12.5. The highest BCUT2D eigenvalue weighted by Gasteiger charge is 2.13. The summed E-state index contributed by atoms with van der Waals surface area (Å²) in [6.45, 7) is 2.46. The van der Waals surface area contributed by atoms with Crippen LogP contribution in [0.3, 0.4) is 0 Å². The van der Waals surface area contributed by atoms with Gasteiger partial charge in [0, 0.05) is 18.1 Å². The van der Waals surface area contributed by atoms with E-state index >= 15 is 0 Å². The second kappa shape index (κ2) is 6.27. The first-order chi connectivity index (χ1) is 9.08. The van der Waals surface area contributed by atoms with Crippen LogP contribution in [-0.4, -0.2) is 26.4 Å². The second-order valence-electron chi connectivity index (χ2n) is 4.44. The summed E-state index contributed by atoms with van der Waals surface area (Å²) in [5.41, 5.74) is 0.882. The normalized spacial score (nSPS) is 14.3. The Labute approximate surface area is 120 Å². The molecule has 1 unspecified atom stereocenters. The molecule has 0 fully saturated rings. The van der Waals surface area contributed by atoms with Gasteiger partial charge in [-0.25, -0.2) is 4.98 Å². The lowest BCUT2D eigenvalue weighted by Crippen LogP contribution is -2.26. The quantitative estimate of drug-likeness (QED) is 0.882. The molecule has 0 aliphatic rings. The van der Waals surface area contributed by atoms with Crippen molar-refractivity contribution in [3.63, 3.8) is 0 Å². The summed E-state index contributed by atoms with van der Waals surface area (Å²) < 4.78 is 2.69. The van der Waals surface area contributed by atoms with Crippen LogP contribution in [0.25, 0.3) is 0 Å². The predicted octanol–water partition coefficient (Wildman–Crippen LogP) is 1.96. The Morgan fingerprint density at radius 1 is 1.47 bits per heavy atom. The lowest BCUT2D eigenvalue weighted by molar-refractivity contribution is 0.170. The Morgan fingerprint density at radius 3 is 2.89 bits per heavy atom. The maximum Gasteiger partial charge on any atom is 0.143 e. The van der Waals surface area contributed by atoms with Crippen molar-refractivity contribution in [3.05, 3.63) is 46.5 Å². The molecule has 0 spiro atoms. The minimum atomic E-state index is -0.548. The fraction of sp³-hybridized carbons (Fsp3) is 0.385. The topological polar surface area (TPSA) is 63.0 Å². The highest BCUT2D eigenvalue weighted by Crippen LogP contribution is 2.18. The van der Waals surface area contributed by atoms with Crippen molar-refractivity contribution in [3.8, 4) is 0 Å². The Kier molecular flexibility index (Phi) is 4.68. The first-order valence-corrected chi connectivity index (χ1v) is 6.88. The molecule has 1 aromatic heterocycles. The van der Waals surface area contributed by atoms with Crippen LogP contribution < -0.4 is 5.32 Å². The largest absolute Gasteiger partial charge is 0.387 e. The van der Waals surface area contributed by atoms with E-state index < -0.39 is 6.10 Å². The van der Waals surface area contributed by atoms with E-state index in [4.69, 9.17) is 0 Å². The second-order valence-corrected chi connectivity index (χ2v) is 5.36. The van der Waals surface area contributed by atoms with Crippen LogP contribution in [0, 0.1) is 0 Å². The van der Waals surface area contributed by atoms with Crippen molar-refractivity contribution >= 4 is 15.9 Å². The van der Waals surface area contributed by atoms with E-state index in [9.17, 15) is 5.11 Å². The molecule has 0 aliphatic heterocycles. The first-order valence-electron chi connectivity index (χ1n) is 6.08. The fourth-order valence-corrected chi connectivity index (χ4v) is 2.33. The number of nitrogens with one attached hydrogen (secondary N) is 1. The van der Waals surface area contributed by atoms with Gasteiger partial charge in [0.15, 0.2) is 0 Å². The molecule has 5 nitrogen and oxygen atoms in total. The van der Waals surface area contributed by atoms with Crippen LogP contribution in [-0.2, 0) is 7.05 Å². The molecule has 2 atom stereocenters. The molecule has 0 saturated carbocycles. The standard InChI is InChI=1S/C13H17BrN4O/c1-9(13-16-8-17-18(13)2)15-7-12(19)10-4-3-5-11(14)6-10/h3-6,8-9,12,15,19H,7H2,1-2H3/t9?,12-/m1/s1. The van der Waals surface area contributed by atoms with E-state index in [1.807, 2.05) is 38.2 Å². The number of halogens is 1. The van der Waals surface area contributed by atoms with Crippen LogP contribution >= 0.6 is 15.9 Å². The molecule has 2 aromatic rings. The Hall–Kier alpha value is -1.24. The van der Waals surface area contributed by atoms with Gasteiger partial charge in [0.25, 0.3) is 0 Å². The van der Waals surface area contributed by atoms with E-state index in [2.05, 4.69) is 31.3 Å². The van der Waals surface area contributed by atoms with Crippen LogP contribution in [0.1, 0.15) is 30.5 Å². The number of aryl methyl sites for hydroxylation is 1. The Balaban J connectivity index is 1.94. The number of aliphatic hydroxyl groups excluding tert-OH is 1. The van der Waals surface area contributed by atoms with Gasteiger partial charge in [0.2, 0.25) is 0 Å². The number of hydrogen-bond acceptors (Lipinski definition) is 4. The molecule has 0 radical (unpaired) electrons. The average molecular weight is 325 g/mol. The molecule has 1 aromatic carbocycles. The summed E-state index contributed by atoms with van der Waals surface area (Å²) in [5.74, 6) is 0.849. The van der Waals surface area contributed by atoms with Gasteiger partial charge in [-0.15, -0.1) is 0 Å². The van der Waals surface area contributed by atoms with E-state index in [-0.39, 0.29) is 6.04 Å². The number of aliphatic hydroxyl groups is 1. The molecule has 0 bridgehead atoms. The Bertz CT molecular complexity index is 543. The summed E-state index contributed by atoms with van der Waals surface area (Å²) in [7, 11) is 1.85. The van der Waals surface area contributed by atoms with Gasteiger partial charge in [-0.1, -0.05) is 28.1 Å². The third-order valence-corrected chi connectivity index (χ3v) is 3.48. The van der Waals surface area contributed by atoms with Crippen LogP contribution in [0.15, 0.2) is 35.1 Å². The maximum atomic E-state index is 10.1. The van der Waals surface area contributed by atoms with E-state index in [1.54, 1.807) is 4.68 Å². The monoisotopic (exact) mass is 324 g/mol. The summed E-state index contributed by atoms with van der Waals surface area (Å²) in [6, 6.07) is 7.71. The molecular formula is C13H17BrN4O. The zero-order valence-electron chi connectivity index (χ0n) is 10.9. The summed E-state index contributed by atoms with van der Waals surface area (Å²) in [5, 5.41) is 17.4. The number of aromatic nitrogens is 3. The van der Waals surface area contributed by atoms with Crippen LogP contribution in [0.4, 0.5) is 0 Å².